The third kappa shape index (κ3) is 10.3. The van der Waals surface area contributed by atoms with E-state index in [1.165, 1.54) is 6.92 Å². The first-order valence-electron chi connectivity index (χ1n) is 8.83. The van der Waals surface area contributed by atoms with Crippen LogP contribution in [0.2, 0.25) is 0 Å². The Morgan fingerprint density at radius 3 is 1.67 bits per heavy atom. The van der Waals surface area contributed by atoms with E-state index in [4.69, 9.17) is 26.2 Å². The lowest BCUT2D eigenvalue weighted by Crippen LogP contribution is -2.56. The quantitative estimate of drug-likeness (QED) is 0.134. The first-order chi connectivity index (χ1) is 13.9. The molecule has 0 heterocycles. The van der Waals surface area contributed by atoms with E-state index < -0.39 is 92.1 Å². The summed E-state index contributed by atoms with van der Waals surface area (Å²) in [5.74, 6) is -6.84. The molecular formula is C16H26N4O10. The van der Waals surface area contributed by atoms with Crippen molar-refractivity contribution in [1.82, 2.24) is 16.0 Å². The summed E-state index contributed by atoms with van der Waals surface area (Å²) in [6.07, 6.45) is -1.91. The van der Waals surface area contributed by atoms with E-state index in [0.29, 0.717) is 0 Å². The van der Waals surface area contributed by atoms with Gasteiger partial charge in [0, 0.05) is 12.8 Å². The van der Waals surface area contributed by atoms with Crippen LogP contribution in [0.5, 0.6) is 0 Å². The van der Waals surface area contributed by atoms with Gasteiger partial charge in [-0.15, -0.1) is 0 Å². The number of rotatable bonds is 14. The van der Waals surface area contributed by atoms with Crippen LogP contribution < -0.4 is 21.7 Å². The number of carboxylic acids is 3. The van der Waals surface area contributed by atoms with Crippen LogP contribution in [0, 0.1) is 0 Å². The minimum atomic E-state index is -1.57. The topological polar surface area (TPSA) is 245 Å². The van der Waals surface area contributed by atoms with Crippen molar-refractivity contribution in [3.05, 3.63) is 0 Å². The number of amides is 3. The number of hydrogen-bond donors (Lipinski definition) is 8. The molecule has 4 atom stereocenters. The van der Waals surface area contributed by atoms with Gasteiger partial charge in [0.15, 0.2) is 0 Å². The van der Waals surface area contributed by atoms with Crippen LogP contribution in [-0.2, 0) is 28.8 Å². The van der Waals surface area contributed by atoms with Gasteiger partial charge in [-0.1, -0.05) is 0 Å². The van der Waals surface area contributed by atoms with Crippen molar-refractivity contribution in [3.63, 3.8) is 0 Å². The molecule has 30 heavy (non-hydrogen) atoms. The van der Waals surface area contributed by atoms with Gasteiger partial charge in [-0.3, -0.25) is 24.0 Å². The van der Waals surface area contributed by atoms with Gasteiger partial charge in [-0.25, -0.2) is 4.79 Å². The molecule has 0 spiro atoms. The van der Waals surface area contributed by atoms with E-state index in [2.05, 4.69) is 16.0 Å². The fourth-order valence-electron chi connectivity index (χ4n) is 2.10. The first kappa shape index (κ1) is 26.7. The Balaban J connectivity index is 5.18. The fraction of sp³-hybridized carbons (Fsp3) is 0.625. The average molecular weight is 434 g/mol. The number of nitrogens with one attached hydrogen (secondary N) is 3. The Morgan fingerprint density at radius 2 is 1.23 bits per heavy atom. The Bertz CT molecular complexity index is 668. The molecule has 0 aliphatic carbocycles. The summed E-state index contributed by atoms with van der Waals surface area (Å²) in [6, 6.07) is -5.53. The van der Waals surface area contributed by atoms with E-state index in [-0.39, 0.29) is 0 Å². The zero-order chi connectivity index (χ0) is 23.4. The fourth-order valence-corrected chi connectivity index (χ4v) is 2.10. The maximum atomic E-state index is 12.4. The molecule has 3 amide bonds. The summed E-state index contributed by atoms with van der Waals surface area (Å²) in [5, 5.41) is 41.8. The summed E-state index contributed by atoms with van der Waals surface area (Å²) in [7, 11) is 0. The highest BCUT2D eigenvalue weighted by atomic mass is 16.4. The molecule has 0 aliphatic heterocycles. The summed E-state index contributed by atoms with van der Waals surface area (Å²) in [6.45, 7) is 0.577. The van der Waals surface area contributed by atoms with E-state index in [1.807, 2.05) is 0 Å². The van der Waals surface area contributed by atoms with Gasteiger partial charge in [-0.05, 0) is 19.8 Å². The first-order valence-corrected chi connectivity index (χ1v) is 8.83. The molecule has 0 aromatic heterocycles. The zero-order valence-corrected chi connectivity index (χ0v) is 16.2. The SMILES string of the molecule is C[C@H](NC(=O)[C@@H](N)CO)C(=O)N[C@@H](CCC(=O)O)C(=O)N[C@@H](CCC(=O)O)C(=O)O. The number of carboxylic acid groups (broad SMARTS) is 3. The molecule has 0 radical (unpaired) electrons. The average Bonchev–Trinajstić information content (AvgIpc) is 2.66. The molecule has 0 fully saturated rings. The molecule has 0 saturated heterocycles. The highest BCUT2D eigenvalue weighted by Crippen LogP contribution is 2.04. The number of hydrogen-bond acceptors (Lipinski definition) is 8. The third-order valence-electron chi connectivity index (χ3n) is 3.83. The van der Waals surface area contributed by atoms with Crippen LogP contribution in [0.1, 0.15) is 32.6 Å². The molecule has 0 aromatic carbocycles. The van der Waals surface area contributed by atoms with Gasteiger partial charge in [0.2, 0.25) is 17.7 Å². The standard InChI is InChI=1S/C16H26N4O10/c1-7(18-14(27)8(17)6-21)13(26)19-9(2-4-11(22)23)15(28)20-10(16(29)30)3-5-12(24)25/h7-10,21H,2-6,17H2,1H3,(H,18,27)(H,19,26)(H,20,28)(H,22,23)(H,24,25)(H,29,30)/t7-,8-,9-,10-/m0/s1. The van der Waals surface area contributed by atoms with Crippen LogP contribution in [-0.4, -0.2) is 86.8 Å². The monoisotopic (exact) mass is 434 g/mol. The number of carbonyl (C=O) groups excluding carboxylic acids is 3. The van der Waals surface area contributed by atoms with Crippen LogP contribution in [0.25, 0.3) is 0 Å². The molecule has 0 bridgehead atoms. The molecule has 0 aliphatic rings. The van der Waals surface area contributed by atoms with Crippen LogP contribution in [0.3, 0.4) is 0 Å². The predicted octanol–water partition coefficient (Wildman–Crippen LogP) is -3.41. The Kier molecular flexibility index (Phi) is 11.6. The van der Waals surface area contributed by atoms with Gasteiger partial charge in [-0.2, -0.15) is 0 Å². The Morgan fingerprint density at radius 1 is 0.767 bits per heavy atom. The molecule has 14 heteroatoms. The second kappa shape index (κ2) is 13.1. The molecule has 0 rings (SSSR count). The number of carbonyl (C=O) groups is 6. The van der Waals surface area contributed by atoms with Crippen LogP contribution >= 0.6 is 0 Å². The number of aliphatic hydroxyl groups excluding tert-OH is 1. The number of aliphatic carboxylic acids is 3. The van der Waals surface area contributed by atoms with Gasteiger partial charge in [0.05, 0.1) is 6.61 Å². The van der Waals surface area contributed by atoms with Crippen molar-refractivity contribution in [2.24, 2.45) is 5.73 Å². The molecule has 170 valence electrons. The van der Waals surface area contributed by atoms with Crippen molar-refractivity contribution in [1.29, 1.82) is 0 Å². The normalized spacial score (nSPS) is 14.5. The van der Waals surface area contributed by atoms with Gasteiger partial charge < -0.3 is 42.1 Å². The number of nitrogens with two attached hydrogens (primary N) is 1. The summed E-state index contributed by atoms with van der Waals surface area (Å²) < 4.78 is 0. The lowest BCUT2D eigenvalue weighted by atomic mass is 10.1. The Labute approximate surface area is 170 Å². The predicted molar refractivity (Wildman–Crippen MR) is 97.9 cm³/mol. The summed E-state index contributed by atoms with van der Waals surface area (Å²) >= 11 is 0. The van der Waals surface area contributed by atoms with E-state index in [9.17, 15) is 28.8 Å². The van der Waals surface area contributed by atoms with Crippen molar-refractivity contribution in [2.75, 3.05) is 6.61 Å². The second-order valence-electron chi connectivity index (χ2n) is 6.34. The lowest BCUT2D eigenvalue weighted by molar-refractivity contribution is -0.144. The van der Waals surface area contributed by atoms with Gasteiger partial charge in [0.25, 0.3) is 0 Å². The molecular weight excluding hydrogens is 408 g/mol. The van der Waals surface area contributed by atoms with Crippen molar-refractivity contribution in [2.45, 2.75) is 56.8 Å². The van der Waals surface area contributed by atoms with Crippen molar-refractivity contribution in [3.8, 4) is 0 Å². The molecule has 0 unspecified atom stereocenters. The smallest absolute Gasteiger partial charge is 0.326 e. The minimum absolute atomic E-state index is 0.394. The lowest BCUT2D eigenvalue weighted by Gasteiger charge is -2.23. The minimum Gasteiger partial charge on any atom is -0.481 e. The van der Waals surface area contributed by atoms with Crippen LogP contribution in [0.15, 0.2) is 0 Å². The molecule has 14 nitrogen and oxygen atoms in total. The highest BCUT2D eigenvalue weighted by Gasteiger charge is 2.29. The van der Waals surface area contributed by atoms with Crippen molar-refractivity contribution >= 4 is 35.6 Å². The van der Waals surface area contributed by atoms with Gasteiger partial charge in [0.1, 0.15) is 24.2 Å². The highest BCUT2D eigenvalue weighted by molar-refractivity contribution is 5.94. The van der Waals surface area contributed by atoms with E-state index in [1.54, 1.807) is 0 Å². The maximum absolute atomic E-state index is 12.4. The van der Waals surface area contributed by atoms with Crippen molar-refractivity contribution < 1.29 is 49.2 Å². The third-order valence-corrected chi connectivity index (χ3v) is 3.83. The van der Waals surface area contributed by atoms with E-state index in [0.717, 1.165) is 0 Å². The second-order valence-corrected chi connectivity index (χ2v) is 6.34. The zero-order valence-electron chi connectivity index (χ0n) is 16.2. The molecule has 9 N–H and O–H groups in total. The Hall–Kier alpha value is -3.26. The molecule has 0 saturated carbocycles. The number of aliphatic hydroxyl groups is 1. The van der Waals surface area contributed by atoms with Gasteiger partial charge >= 0.3 is 17.9 Å². The summed E-state index contributed by atoms with van der Waals surface area (Å²) in [5.41, 5.74) is 5.31. The molecule has 0 aromatic rings. The maximum Gasteiger partial charge on any atom is 0.326 e. The van der Waals surface area contributed by atoms with Crippen LogP contribution in [0.4, 0.5) is 0 Å². The van der Waals surface area contributed by atoms with E-state index >= 15 is 0 Å². The largest absolute Gasteiger partial charge is 0.481 e. The summed E-state index contributed by atoms with van der Waals surface area (Å²) in [4.78, 5) is 68.9.